The molecule has 0 amide bonds. The smallest absolute Gasteiger partial charge is 0.0921 e. The molecule has 106 valence electrons. The molecular weight excluding hydrogens is 248 g/mol. The number of hydrogen-bond donors (Lipinski definition) is 1. The first-order valence-electron chi connectivity index (χ1n) is 7.55. The average Bonchev–Trinajstić information content (AvgIpc) is 3.18. The third kappa shape index (κ3) is 3.48. The summed E-state index contributed by atoms with van der Waals surface area (Å²) in [6.07, 6.45) is 9.89. The van der Waals surface area contributed by atoms with Crippen molar-refractivity contribution in [3.63, 3.8) is 0 Å². The Morgan fingerprint density at radius 2 is 2.20 bits per heavy atom. The quantitative estimate of drug-likeness (QED) is 0.869. The first-order chi connectivity index (χ1) is 9.92. The van der Waals surface area contributed by atoms with Crippen LogP contribution in [0.4, 0.5) is 0 Å². The van der Waals surface area contributed by atoms with Crippen LogP contribution in [0.5, 0.6) is 0 Å². The second-order valence-corrected chi connectivity index (χ2v) is 5.59. The van der Waals surface area contributed by atoms with E-state index in [1.807, 2.05) is 6.20 Å². The van der Waals surface area contributed by atoms with Crippen molar-refractivity contribution < 1.29 is 4.74 Å². The van der Waals surface area contributed by atoms with Crippen LogP contribution in [-0.4, -0.2) is 22.7 Å². The van der Waals surface area contributed by atoms with Crippen LogP contribution in [0.1, 0.15) is 42.9 Å². The van der Waals surface area contributed by atoms with Gasteiger partial charge in [-0.2, -0.15) is 0 Å². The second kappa shape index (κ2) is 6.71. The summed E-state index contributed by atoms with van der Waals surface area (Å²) in [7, 11) is 0. The van der Waals surface area contributed by atoms with Gasteiger partial charge in [-0.05, 0) is 43.6 Å². The summed E-state index contributed by atoms with van der Waals surface area (Å²) in [6.45, 7) is 0.937. The van der Waals surface area contributed by atoms with Gasteiger partial charge >= 0.3 is 0 Å². The Kier molecular flexibility index (Phi) is 4.49. The molecule has 3 heteroatoms. The largest absolute Gasteiger partial charge is 0.378 e. The van der Waals surface area contributed by atoms with Gasteiger partial charge in [0.2, 0.25) is 0 Å². The highest BCUT2D eigenvalue weighted by Crippen LogP contribution is 2.30. The van der Waals surface area contributed by atoms with Gasteiger partial charge in [-0.3, -0.25) is 0 Å². The number of hydrogen-bond acceptors (Lipinski definition) is 2. The van der Waals surface area contributed by atoms with Gasteiger partial charge < -0.3 is 9.72 Å². The molecule has 0 spiro atoms. The fourth-order valence-corrected chi connectivity index (χ4v) is 3.04. The molecule has 1 aromatic carbocycles. The van der Waals surface area contributed by atoms with E-state index in [1.54, 1.807) is 6.33 Å². The highest BCUT2D eigenvalue weighted by atomic mass is 16.5. The molecule has 3 rings (SSSR count). The minimum absolute atomic E-state index is 0.446. The van der Waals surface area contributed by atoms with Crippen molar-refractivity contribution in [1.82, 2.24) is 9.97 Å². The number of ether oxygens (including phenoxy) is 1. The molecule has 3 nitrogen and oxygen atoms in total. The molecule has 1 fully saturated rings. The maximum Gasteiger partial charge on any atom is 0.0921 e. The van der Waals surface area contributed by atoms with Gasteiger partial charge in [-0.1, -0.05) is 30.3 Å². The first-order valence-corrected chi connectivity index (χ1v) is 7.55. The molecule has 2 atom stereocenters. The maximum atomic E-state index is 5.82. The lowest BCUT2D eigenvalue weighted by Crippen LogP contribution is -2.12. The predicted octanol–water partition coefficient (Wildman–Crippen LogP) is 3.70. The fraction of sp³-hybridized carbons (Fsp3) is 0.471. The van der Waals surface area contributed by atoms with Crippen LogP contribution in [0.3, 0.4) is 0 Å². The lowest BCUT2D eigenvalue weighted by atomic mass is 9.88. The van der Waals surface area contributed by atoms with Gasteiger partial charge in [0, 0.05) is 18.5 Å². The molecule has 0 bridgehead atoms. The Balaban J connectivity index is 1.65. The molecule has 1 N–H and O–H groups in total. The van der Waals surface area contributed by atoms with E-state index in [0.29, 0.717) is 12.0 Å². The summed E-state index contributed by atoms with van der Waals surface area (Å²) in [5.41, 5.74) is 2.65. The van der Waals surface area contributed by atoms with E-state index in [1.165, 1.54) is 24.1 Å². The Hall–Kier alpha value is -1.61. The van der Waals surface area contributed by atoms with Crippen LogP contribution in [0.25, 0.3) is 0 Å². The number of aromatic amines is 1. The molecule has 0 saturated carbocycles. The van der Waals surface area contributed by atoms with Crippen LogP contribution in [0.2, 0.25) is 0 Å². The molecular formula is C17H22N2O. The van der Waals surface area contributed by atoms with E-state index in [4.69, 9.17) is 4.74 Å². The van der Waals surface area contributed by atoms with Crippen molar-refractivity contribution in [2.75, 3.05) is 6.61 Å². The van der Waals surface area contributed by atoms with Gasteiger partial charge in [0.25, 0.3) is 0 Å². The lowest BCUT2D eigenvalue weighted by molar-refractivity contribution is 0.0970. The lowest BCUT2D eigenvalue weighted by Gasteiger charge is -2.20. The zero-order valence-corrected chi connectivity index (χ0v) is 11.8. The van der Waals surface area contributed by atoms with Crippen molar-refractivity contribution in [3.8, 4) is 0 Å². The normalized spacial score (nSPS) is 20.1. The van der Waals surface area contributed by atoms with E-state index < -0.39 is 0 Å². The molecule has 2 aromatic rings. The summed E-state index contributed by atoms with van der Waals surface area (Å²) in [5.74, 6) is 0.572. The van der Waals surface area contributed by atoms with Crippen molar-refractivity contribution in [2.24, 2.45) is 0 Å². The minimum Gasteiger partial charge on any atom is -0.378 e. The summed E-state index contributed by atoms with van der Waals surface area (Å²) in [5, 5.41) is 0. The van der Waals surface area contributed by atoms with Crippen molar-refractivity contribution in [1.29, 1.82) is 0 Å². The Labute approximate surface area is 120 Å². The molecule has 0 radical (unpaired) electrons. The Morgan fingerprint density at radius 3 is 2.90 bits per heavy atom. The number of aromatic nitrogens is 2. The van der Waals surface area contributed by atoms with Crippen molar-refractivity contribution in [2.45, 2.75) is 44.1 Å². The molecule has 1 aromatic heterocycles. The number of H-pyrrole nitrogens is 1. The fourth-order valence-electron chi connectivity index (χ4n) is 3.04. The zero-order valence-electron chi connectivity index (χ0n) is 11.8. The number of aryl methyl sites for hydroxylation is 1. The van der Waals surface area contributed by atoms with Crippen LogP contribution in [0, 0.1) is 0 Å². The Bertz CT molecular complexity index is 489. The second-order valence-electron chi connectivity index (χ2n) is 5.59. The third-order valence-corrected chi connectivity index (χ3v) is 4.16. The first kappa shape index (κ1) is 13.4. The van der Waals surface area contributed by atoms with Crippen LogP contribution in [0.15, 0.2) is 42.9 Å². The number of imidazole rings is 1. The number of nitrogens with one attached hydrogen (secondary N) is 1. The van der Waals surface area contributed by atoms with E-state index in [0.717, 1.165) is 25.9 Å². The van der Waals surface area contributed by atoms with Crippen LogP contribution < -0.4 is 0 Å². The van der Waals surface area contributed by atoms with Crippen LogP contribution >= 0.6 is 0 Å². The summed E-state index contributed by atoms with van der Waals surface area (Å²) >= 11 is 0. The van der Waals surface area contributed by atoms with Gasteiger partial charge in [-0.25, -0.2) is 4.98 Å². The molecule has 20 heavy (non-hydrogen) atoms. The highest BCUT2D eigenvalue weighted by Gasteiger charge is 2.22. The number of nitrogens with zero attached hydrogens (tertiary/aromatic N) is 1. The molecule has 1 aliphatic rings. The molecule has 0 aliphatic carbocycles. The van der Waals surface area contributed by atoms with Gasteiger partial charge in [0.15, 0.2) is 0 Å². The maximum absolute atomic E-state index is 5.82. The van der Waals surface area contributed by atoms with Crippen molar-refractivity contribution >= 4 is 0 Å². The SMILES string of the molecule is c1ccc(C(CCc2cnc[nH]2)CC2CCCO2)cc1. The van der Waals surface area contributed by atoms with Crippen LogP contribution in [-0.2, 0) is 11.2 Å². The number of benzene rings is 1. The monoisotopic (exact) mass is 270 g/mol. The standard InChI is InChI=1S/C17H22N2O/c1-2-5-14(6-3-1)15(11-17-7-4-10-20-17)8-9-16-12-18-13-19-16/h1-3,5-6,12-13,15,17H,4,7-11H2,(H,18,19). The van der Waals surface area contributed by atoms with E-state index >= 15 is 0 Å². The zero-order chi connectivity index (χ0) is 13.6. The average molecular weight is 270 g/mol. The predicted molar refractivity (Wildman–Crippen MR) is 79.7 cm³/mol. The molecule has 1 saturated heterocycles. The molecule has 2 heterocycles. The summed E-state index contributed by atoms with van der Waals surface area (Å²) in [4.78, 5) is 7.29. The molecule has 2 unspecified atom stereocenters. The van der Waals surface area contributed by atoms with E-state index in [9.17, 15) is 0 Å². The van der Waals surface area contributed by atoms with E-state index in [-0.39, 0.29) is 0 Å². The van der Waals surface area contributed by atoms with Gasteiger partial charge in [0.05, 0.1) is 12.4 Å². The third-order valence-electron chi connectivity index (χ3n) is 4.16. The molecule has 1 aliphatic heterocycles. The van der Waals surface area contributed by atoms with E-state index in [2.05, 4.69) is 40.3 Å². The number of rotatable bonds is 6. The summed E-state index contributed by atoms with van der Waals surface area (Å²) in [6, 6.07) is 10.8. The highest BCUT2D eigenvalue weighted by molar-refractivity contribution is 5.20. The van der Waals surface area contributed by atoms with Crippen molar-refractivity contribution in [3.05, 3.63) is 54.1 Å². The van der Waals surface area contributed by atoms with Gasteiger partial charge in [0.1, 0.15) is 0 Å². The summed E-state index contributed by atoms with van der Waals surface area (Å²) < 4.78 is 5.82. The topological polar surface area (TPSA) is 37.9 Å². The Morgan fingerprint density at radius 1 is 1.30 bits per heavy atom. The van der Waals surface area contributed by atoms with Gasteiger partial charge in [-0.15, -0.1) is 0 Å². The minimum atomic E-state index is 0.446.